The Kier molecular flexibility index (Phi) is 5.93. The summed E-state index contributed by atoms with van der Waals surface area (Å²) < 4.78 is 39.1. The number of aryl methyl sites for hydroxylation is 1. The standard InChI is InChI=1S/C18H18F3N3O4/c1-17(26,9-8-11-2-4-12(22)5-3-11)16(25)23-13-6-7-15(24(27)28)14(10-13)18(19,20)21/h2-7,10,26H,8-9,22H2,1H3,(H,23,25). The van der Waals surface area contributed by atoms with E-state index in [1.165, 1.54) is 6.92 Å². The van der Waals surface area contributed by atoms with E-state index in [1.807, 2.05) is 0 Å². The van der Waals surface area contributed by atoms with Gasteiger partial charge in [0.2, 0.25) is 0 Å². The second kappa shape index (κ2) is 7.85. The van der Waals surface area contributed by atoms with Crippen LogP contribution in [0.2, 0.25) is 0 Å². The minimum absolute atomic E-state index is 0.00185. The quantitative estimate of drug-likeness (QED) is 0.392. The Morgan fingerprint density at radius 2 is 1.82 bits per heavy atom. The lowest BCUT2D eigenvalue weighted by Gasteiger charge is -2.22. The molecule has 0 bridgehead atoms. The van der Waals surface area contributed by atoms with Crippen molar-refractivity contribution >= 4 is 23.0 Å². The Hall–Kier alpha value is -3.14. The largest absolute Gasteiger partial charge is 0.423 e. The number of hydrogen-bond donors (Lipinski definition) is 3. The third kappa shape index (κ3) is 5.19. The van der Waals surface area contributed by atoms with Gasteiger partial charge < -0.3 is 16.2 Å². The van der Waals surface area contributed by atoms with Crippen LogP contribution in [0.3, 0.4) is 0 Å². The van der Waals surface area contributed by atoms with Crippen LogP contribution in [0.5, 0.6) is 0 Å². The molecule has 0 fully saturated rings. The molecule has 150 valence electrons. The molecule has 2 aromatic carbocycles. The molecule has 0 heterocycles. The molecule has 0 aliphatic heterocycles. The van der Waals surface area contributed by atoms with Gasteiger partial charge in [-0.05, 0) is 49.6 Å². The molecule has 0 aromatic heterocycles. The van der Waals surface area contributed by atoms with Crippen molar-refractivity contribution in [3.8, 4) is 0 Å². The second-order valence-corrected chi connectivity index (χ2v) is 6.46. The van der Waals surface area contributed by atoms with Gasteiger partial charge in [0.15, 0.2) is 0 Å². The summed E-state index contributed by atoms with van der Waals surface area (Å²) in [5.41, 5.74) is 2.16. The van der Waals surface area contributed by atoms with Gasteiger partial charge in [-0.25, -0.2) is 0 Å². The summed E-state index contributed by atoms with van der Waals surface area (Å²) in [6, 6.07) is 8.89. The van der Waals surface area contributed by atoms with Crippen molar-refractivity contribution in [3.05, 3.63) is 63.7 Å². The minimum atomic E-state index is -4.97. The van der Waals surface area contributed by atoms with Crippen molar-refractivity contribution in [2.24, 2.45) is 0 Å². The summed E-state index contributed by atoms with van der Waals surface area (Å²) >= 11 is 0. The first kappa shape index (κ1) is 21.2. The molecular weight excluding hydrogens is 379 g/mol. The smallest absolute Gasteiger partial charge is 0.399 e. The Bertz CT molecular complexity index is 881. The molecule has 2 aromatic rings. The summed E-state index contributed by atoms with van der Waals surface area (Å²) in [5.74, 6) is -0.926. The van der Waals surface area contributed by atoms with Gasteiger partial charge in [0.05, 0.1) is 4.92 Å². The maximum Gasteiger partial charge on any atom is 0.423 e. The molecule has 1 amide bonds. The lowest BCUT2D eigenvalue weighted by molar-refractivity contribution is -0.388. The first-order valence-corrected chi connectivity index (χ1v) is 8.14. The zero-order chi connectivity index (χ0) is 21.1. The molecule has 28 heavy (non-hydrogen) atoms. The zero-order valence-electron chi connectivity index (χ0n) is 14.8. The van der Waals surface area contributed by atoms with Crippen molar-refractivity contribution in [2.45, 2.75) is 31.5 Å². The van der Waals surface area contributed by atoms with Gasteiger partial charge >= 0.3 is 6.18 Å². The van der Waals surface area contributed by atoms with Crippen LogP contribution in [-0.4, -0.2) is 21.5 Å². The van der Waals surface area contributed by atoms with E-state index in [-0.39, 0.29) is 12.1 Å². The molecule has 2 rings (SSSR count). The monoisotopic (exact) mass is 397 g/mol. The first-order valence-electron chi connectivity index (χ1n) is 8.14. The molecule has 1 atom stereocenters. The molecule has 4 N–H and O–H groups in total. The summed E-state index contributed by atoms with van der Waals surface area (Å²) in [7, 11) is 0. The summed E-state index contributed by atoms with van der Waals surface area (Å²) in [4.78, 5) is 21.9. The first-order chi connectivity index (χ1) is 12.9. The highest BCUT2D eigenvalue weighted by Crippen LogP contribution is 2.37. The highest BCUT2D eigenvalue weighted by molar-refractivity contribution is 5.97. The van der Waals surface area contributed by atoms with Gasteiger partial charge in [0, 0.05) is 17.4 Å². The number of anilines is 2. The number of carbonyl (C=O) groups excluding carboxylic acids is 1. The maximum atomic E-state index is 13.0. The summed E-state index contributed by atoms with van der Waals surface area (Å²) in [6.07, 6.45) is -4.64. The number of nitrogens with one attached hydrogen (secondary N) is 1. The molecular formula is C18H18F3N3O4. The Morgan fingerprint density at radius 1 is 1.21 bits per heavy atom. The zero-order valence-corrected chi connectivity index (χ0v) is 14.8. The number of alkyl halides is 3. The fraction of sp³-hybridized carbons (Fsp3) is 0.278. The number of rotatable bonds is 6. The average molecular weight is 397 g/mol. The number of nitrogens with two attached hydrogens (primary N) is 1. The van der Waals surface area contributed by atoms with Crippen molar-refractivity contribution in [3.63, 3.8) is 0 Å². The normalized spacial score (nSPS) is 13.6. The molecule has 0 aliphatic carbocycles. The lowest BCUT2D eigenvalue weighted by Crippen LogP contribution is -2.40. The third-order valence-corrected chi connectivity index (χ3v) is 4.13. The van der Waals surface area contributed by atoms with E-state index < -0.39 is 33.9 Å². The van der Waals surface area contributed by atoms with Crippen molar-refractivity contribution in [1.82, 2.24) is 0 Å². The molecule has 0 radical (unpaired) electrons. The number of nitro groups is 1. The van der Waals surface area contributed by atoms with Crippen molar-refractivity contribution in [1.29, 1.82) is 0 Å². The van der Waals surface area contributed by atoms with E-state index in [4.69, 9.17) is 5.73 Å². The van der Waals surface area contributed by atoms with Crippen molar-refractivity contribution in [2.75, 3.05) is 11.1 Å². The molecule has 0 aliphatic rings. The molecule has 10 heteroatoms. The number of nitro benzene ring substituents is 1. The second-order valence-electron chi connectivity index (χ2n) is 6.46. The van der Waals surface area contributed by atoms with Gasteiger partial charge in [0.1, 0.15) is 11.2 Å². The van der Waals surface area contributed by atoms with E-state index in [0.717, 1.165) is 11.6 Å². The van der Waals surface area contributed by atoms with Crippen LogP contribution in [-0.2, 0) is 17.4 Å². The van der Waals surface area contributed by atoms with E-state index in [1.54, 1.807) is 24.3 Å². The molecule has 1 unspecified atom stereocenters. The van der Waals surface area contributed by atoms with E-state index in [2.05, 4.69) is 5.32 Å². The van der Waals surface area contributed by atoms with Crippen LogP contribution >= 0.6 is 0 Å². The van der Waals surface area contributed by atoms with Crippen LogP contribution in [0.25, 0.3) is 0 Å². The predicted octanol–water partition coefficient (Wildman–Crippen LogP) is 3.52. The van der Waals surface area contributed by atoms with Gasteiger partial charge in [-0.3, -0.25) is 14.9 Å². The molecule has 0 spiro atoms. The Balaban J connectivity index is 2.14. The van der Waals surface area contributed by atoms with Crippen LogP contribution in [0.4, 0.5) is 30.2 Å². The number of nitrogen functional groups attached to an aromatic ring is 1. The van der Waals surface area contributed by atoms with Gasteiger partial charge in [-0.15, -0.1) is 0 Å². The molecule has 0 saturated carbocycles. The number of benzene rings is 2. The Labute approximate surface area is 158 Å². The van der Waals surface area contributed by atoms with Gasteiger partial charge in [-0.1, -0.05) is 12.1 Å². The fourth-order valence-electron chi connectivity index (χ4n) is 2.45. The van der Waals surface area contributed by atoms with E-state index in [0.29, 0.717) is 24.2 Å². The highest BCUT2D eigenvalue weighted by atomic mass is 19.4. The summed E-state index contributed by atoms with van der Waals surface area (Å²) in [5, 5.41) is 23.3. The third-order valence-electron chi connectivity index (χ3n) is 4.13. The van der Waals surface area contributed by atoms with Crippen LogP contribution in [0, 0.1) is 10.1 Å². The number of carbonyl (C=O) groups is 1. The minimum Gasteiger partial charge on any atom is -0.399 e. The van der Waals surface area contributed by atoms with Crippen LogP contribution in [0.1, 0.15) is 24.5 Å². The summed E-state index contributed by atoms with van der Waals surface area (Å²) in [6.45, 7) is 1.23. The number of amides is 1. The molecule has 7 nitrogen and oxygen atoms in total. The van der Waals surface area contributed by atoms with Crippen LogP contribution < -0.4 is 11.1 Å². The SMILES string of the molecule is CC(O)(CCc1ccc(N)cc1)C(=O)Nc1ccc([N+](=O)[O-])c(C(F)(F)F)c1. The molecule has 0 saturated heterocycles. The topological polar surface area (TPSA) is 118 Å². The van der Waals surface area contributed by atoms with Crippen LogP contribution in [0.15, 0.2) is 42.5 Å². The number of halogens is 3. The Morgan fingerprint density at radius 3 is 2.36 bits per heavy atom. The van der Waals surface area contributed by atoms with E-state index in [9.17, 15) is 33.2 Å². The number of aliphatic hydroxyl groups is 1. The van der Waals surface area contributed by atoms with Gasteiger partial charge in [-0.2, -0.15) is 13.2 Å². The maximum absolute atomic E-state index is 13.0. The average Bonchev–Trinajstić information content (AvgIpc) is 2.60. The highest BCUT2D eigenvalue weighted by Gasteiger charge is 2.39. The van der Waals surface area contributed by atoms with Gasteiger partial charge in [0.25, 0.3) is 11.6 Å². The predicted molar refractivity (Wildman–Crippen MR) is 96.5 cm³/mol. The van der Waals surface area contributed by atoms with E-state index >= 15 is 0 Å². The lowest BCUT2D eigenvalue weighted by atomic mass is 9.95. The number of hydrogen-bond acceptors (Lipinski definition) is 5. The number of nitrogens with zero attached hydrogens (tertiary/aromatic N) is 1. The fourth-order valence-corrected chi connectivity index (χ4v) is 2.45. The van der Waals surface area contributed by atoms with Crippen molar-refractivity contribution < 1.29 is 28.0 Å².